The van der Waals surface area contributed by atoms with E-state index in [0.29, 0.717) is 43.3 Å². The molecule has 2 atom stereocenters. The van der Waals surface area contributed by atoms with Crippen molar-refractivity contribution in [3.05, 3.63) is 23.8 Å². The maximum absolute atomic E-state index is 12.9. The van der Waals surface area contributed by atoms with Gasteiger partial charge >= 0.3 is 0 Å². The molecule has 1 aromatic carbocycles. The van der Waals surface area contributed by atoms with Gasteiger partial charge in [-0.05, 0) is 32.6 Å². The van der Waals surface area contributed by atoms with Gasteiger partial charge in [-0.15, -0.1) is 0 Å². The van der Waals surface area contributed by atoms with Crippen LogP contribution in [0.5, 0.6) is 11.5 Å². The monoisotopic (exact) mass is 457 g/mol. The maximum Gasteiger partial charge on any atom is 0.300 e. The highest BCUT2D eigenvalue weighted by Gasteiger charge is 2.32. The minimum Gasteiger partial charge on any atom is -0.497 e. The molecule has 1 saturated heterocycles. The fourth-order valence-corrected chi connectivity index (χ4v) is 2.97. The predicted molar refractivity (Wildman–Crippen MR) is 118 cm³/mol. The van der Waals surface area contributed by atoms with Crippen LogP contribution in [0.3, 0.4) is 0 Å². The van der Waals surface area contributed by atoms with E-state index in [2.05, 4.69) is 0 Å². The molecule has 2 rings (SSSR count). The van der Waals surface area contributed by atoms with E-state index in [1.54, 1.807) is 30.2 Å². The molecule has 0 bridgehead atoms. The van der Waals surface area contributed by atoms with Gasteiger partial charge < -0.3 is 40.3 Å². The third-order valence-electron chi connectivity index (χ3n) is 4.29. The van der Waals surface area contributed by atoms with Crippen LogP contribution in [0.4, 0.5) is 0 Å². The number of nitrogens with two attached hydrogens (primary N) is 1. The zero-order valence-electron chi connectivity index (χ0n) is 19.3. The number of likely N-dealkylation sites (N-methyl/N-ethyl adjacent to an activating group) is 1. The molecule has 1 amide bonds. The first-order valence-corrected chi connectivity index (χ1v) is 9.98. The highest BCUT2D eigenvalue weighted by molar-refractivity contribution is 5.97. The second-order valence-corrected chi connectivity index (χ2v) is 7.18. The normalized spacial score (nSPS) is 17.3. The first-order valence-electron chi connectivity index (χ1n) is 9.98. The summed E-state index contributed by atoms with van der Waals surface area (Å²) >= 11 is 0. The average molecular weight is 458 g/mol. The van der Waals surface area contributed by atoms with Crippen molar-refractivity contribution in [2.75, 3.05) is 47.4 Å². The lowest BCUT2D eigenvalue weighted by atomic mass is 10.00. The van der Waals surface area contributed by atoms with Crippen molar-refractivity contribution in [2.45, 2.75) is 32.4 Å². The fourth-order valence-electron chi connectivity index (χ4n) is 2.97. The molecule has 32 heavy (non-hydrogen) atoms. The third-order valence-corrected chi connectivity index (χ3v) is 4.29. The van der Waals surface area contributed by atoms with Gasteiger partial charge in [0.1, 0.15) is 18.1 Å². The molecule has 0 aromatic heterocycles. The number of carbonyl (C=O) groups excluding carboxylic acids is 1. The molecule has 11 nitrogen and oxygen atoms in total. The predicted octanol–water partition coefficient (Wildman–Crippen LogP) is 0.352. The molecule has 0 spiro atoms. The molecule has 11 heteroatoms. The number of aliphatic hydroxyl groups excluding tert-OH is 1. The molecule has 1 heterocycles. The van der Waals surface area contributed by atoms with E-state index in [1.165, 1.54) is 0 Å². The number of β-amino-alcohol motifs (C(OH)–C–C–N with tert-alkyl or cyclic N) is 1. The average Bonchev–Trinajstić information content (AvgIpc) is 2.70. The van der Waals surface area contributed by atoms with Gasteiger partial charge in [0, 0.05) is 45.6 Å². The van der Waals surface area contributed by atoms with Gasteiger partial charge in [0.15, 0.2) is 0 Å². The van der Waals surface area contributed by atoms with Crippen LogP contribution >= 0.6 is 0 Å². The Hall–Kier alpha value is -2.89. The topological polar surface area (TPSA) is 163 Å². The Bertz CT molecular complexity index is 722. The summed E-state index contributed by atoms with van der Waals surface area (Å²) in [6.07, 6.45) is 0.166. The second kappa shape index (κ2) is 15.0. The summed E-state index contributed by atoms with van der Waals surface area (Å²) in [4.78, 5) is 34.5. The zero-order chi connectivity index (χ0) is 24.8. The summed E-state index contributed by atoms with van der Waals surface area (Å²) in [5, 5.41) is 25.1. The van der Waals surface area contributed by atoms with Crippen molar-refractivity contribution >= 4 is 17.8 Å². The van der Waals surface area contributed by atoms with Gasteiger partial charge in [-0.2, -0.15) is 0 Å². The lowest BCUT2D eigenvalue weighted by Gasteiger charge is -2.39. The number of benzene rings is 1. The third kappa shape index (κ3) is 10.9. The molecule has 0 aliphatic carbocycles. The number of hydrogen-bond acceptors (Lipinski definition) is 8. The van der Waals surface area contributed by atoms with Gasteiger partial charge in [-0.1, -0.05) is 0 Å². The number of nitrogens with zero attached hydrogens (tertiary/aromatic N) is 2. The van der Waals surface area contributed by atoms with Crippen molar-refractivity contribution in [1.82, 2.24) is 9.80 Å². The van der Waals surface area contributed by atoms with E-state index in [0.717, 1.165) is 20.3 Å². The Balaban J connectivity index is 0.00000104. The van der Waals surface area contributed by atoms with Crippen LogP contribution < -0.4 is 15.2 Å². The van der Waals surface area contributed by atoms with E-state index < -0.39 is 18.0 Å². The lowest BCUT2D eigenvalue weighted by molar-refractivity contribution is -0.135. The number of rotatable bonds is 6. The Morgan fingerprint density at radius 3 is 2.19 bits per heavy atom. The molecule has 1 fully saturated rings. The van der Waals surface area contributed by atoms with Crippen LogP contribution in [-0.4, -0.2) is 103 Å². The molecule has 1 aromatic rings. The molecule has 182 valence electrons. The molecule has 1 aliphatic heterocycles. The number of piperidine rings is 1. The number of aliphatic hydroxyl groups is 1. The quantitative estimate of drug-likeness (QED) is 0.469. The first-order chi connectivity index (χ1) is 14.9. The number of carbonyl (C=O) groups is 3. The van der Waals surface area contributed by atoms with Crippen molar-refractivity contribution in [1.29, 1.82) is 0 Å². The Kier molecular flexibility index (Phi) is 13.6. The SMILES string of the molecule is CC(=O)O.CC(=O)O.COc1ccc(C(=O)N2CC[C@H](N(C)C)[C@@H](O)C2)c(OCCN)c1. The number of hydrogen-bond donors (Lipinski definition) is 4. The second-order valence-electron chi connectivity index (χ2n) is 7.18. The van der Waals surface area contributed by atoms with Gasteiger partial charge in [0.05, 0.1) is 18.8 Å². The number of carboxylic acids is 2. The Morgan fingerprint density at radius 1 is 1.19 bits per heavy atom. The first kappa shape index (κ1) is 29.1. The van der Waals surface area contributed by atoms with Crippen LogP contribution in [0.1, 0.15) is 30.6 Å². The molecule has 0 unspecified atom stereocenters. The minimum absolute atomic E-state index is 0.0675. The highest BCUT2D eigenvalue weighted by Crippen LogP contribution is 2.27. The van der Waals surface area contributed by atoms with Gasteiger partial charge in [-0.25, -0.2) is 0 Å². The molecule has 1 aliphatic rings. The van der Waals surface area contributed by atoms with E-state index in [-0.39, 0.29) is 11.9 Å². The standard InChI is InChI=1S/C17H27N3O4.2C2H4O2/c1-19(2)14-6-8-20(11-15(14)21)17(22)13-5-4-12(23-3)10-16(13)24-9-7-18;2*1-2(3)4/h4-5,10,14-15,21H,6-9,11,18H2,1-3H3;2*1H3,(H,3,4)/t14-,15-;;/m0../s1. The highest BCUT2D eigenvalue weighted by atomic mass is 16.5. The minimum atomic E-state index is -0.833. The smallest absolute Gasteiger partial charge is 0.300 e. The summed E-state index contributed by atoms with van der Waals surface area (Å²) in [7, 11) is 5.44. The van der Waals surface area contributed by atoms with Crippen molar-refractivity contribution in [2.24, 2.45) is 5.73 Å². The van der Waals surface area contributed by atoms with Crippen LogP contribution in [0, 0.1) is 0 Å². The van der Waals surface area contributed by atoms with Crippen molar-refractivity contribution < 1.29 is 39.2 Å². The van der Waals surface area contributed by atoms with E-state index in [4.69, 9.17) is 35.0 Å². The fraction of sp³-hybridized carbons (Fsp3) is 0.571. The number of amides is 1. The molecule has 0 radical (unpaired) electrons. The van der Waals surface area contributed by atoms with Gasteiger partial charge in [-0.3, -0.25) is 14.4 Å². The lowest BCUT2D eigenvalue weighted by Crippen LogP contribution is -2.53. The van der Waals surface area contributed by atoms with E-state index in [9.17, 15) is 9.90 Å². The Morgan fingerprint density at radius 2 is 1.75 bits per heavy atom. The van der Waals surface area contributed by atoms with Gasteiger partial charge in [0.25, 0.3) is 17.8 Å². The molecular weight excluding hydrogens is 422 g/mol. The maximum atomic E-state index is 12.9. The number of ether oxygens (including phenoxy) is 2. The van der Waals surface area contributed by atoms with Crippen LogP contribution in [0.25, 0.3) is 0 Å². The summed E-state index contributed by atoms with van der Waals surface area (Å²) in [5.41, 5.74) is 5.95. The molecular formula is C21H35N3O8. The van der Waals surface area contributed by atoms with Crippen LogP contribution in [0.2, 0.25) is 0 Å². The van der Waals surface area contributed by atoms with E-state index in [1.807, 2.05) is 19.0 Å². The number of carboxylic acid groups (broad SMARTS) is 2. The molecule has 5 N–H and O–H groups in total. The molecule has 0 saturated carbocycles. The summed E-state index contributed by atoms with van der Waals surface area (Å²) < 4.78 is 10.8. The van der Waals surface area contributed by atoms with Crippen molar-refractivity contribution in [3.8, 4) is 11.5 Å². The summed E-state index contributed by atoms with van der Waals surface area (Å²) in [6.45, 7) is 3.75. The Labute approximate surface area is 188 Å². The van der Waals surface area contributed by atoms with Crippen LogP contribution in [-0.2, 0) is 9.59 Å². The van der Waals surface area contributed by atoms with Crippen molar-refractivity contribution in [3.63, 3.8) is 0 Å². The van der Waals surface area contributed by atoms with Gasteiger partial charge in [0.2, 0.25) is 0 Å². The zero-order valence-corrected chi connectivity index (χ0v) is 19.3. The number of likely N-dealkylation sites (tertiary alicyclic amines) is 1. The number of aliphatic carboxylic acids is 2. The van der Waals surface area contributed by atoms with E-state index >= 15 is 0 Å². The largest absolute Gasteiger partial charge is 0.497 e. The van der Waals surface area contributed by atoms with Crippen LogP contribution in [0.15, 0.2) is 18.2 Å². The summed E-state index contributed by atoms with van der Waals surface area (Å²) in [6, 6.07) is 5.17. The summed E-state index contributed by atoms with van der Waals surface area (Å²) in [5.74, 6) is -0.750. The number of methoxy groups -OCH3 is 1.